The van der Waals surface area contributed by atoms with E-state index in [2.05, 4.69) is 48.6 Å². The lowest BCUT2D eigenvalue weighted by Crippen LogP contribution is -2.18. The van der Waals surface area contributed by atoms with Crippen molar-refractivity contribution >= 4 is 0 Å². The Balaban J connectivity index is 2.29. The van der Waals surface area contributed by atoms with Crippen LogP contribution in [0.1, 0.15) is 29.7 Å². The van der Waals surface area contributed by atoms with Gasteiger partial charge in [0.1, 0.15) is 5.75 Å². The van der Waals surface area contributed by atoms with Gasteiger partial charge in [0.2, 0.25) is 0 Å². The summed E-state index contributed by atoms with van der Waals surface area (Å²) in [6.45, 7) is 4.85. The summed E-state index contributed by atoms with van der Waals surface area (Å²) in [5, 5.41) is 3.39. The topological polar surface area (TPSA) is 21.3 Å². The average Bonchev–Trinajstić information content (AvgIpc) is 2.44. The van der Waals surface area contributed by atoms with Crippen LogP contribution < -0.4 is 10.1 Å². The maximum atomic E-state index is 5.48. The van der Waals surface area contributed by atoms with Crippen LogP contribution in [0.15, 0.2) is 48.5 Å². The molecule has 0 fully saturated rings. The van der Waals surface area contributed by atoms with E-state index in [-0.39, 0.29) is 6.04 Å². The molecule has 2 aromatic carbocycles. The van der Waals surface area contributed by atoms with Gasteiger partial charge in [0, 0.05) is 0 Å². The zero-order valence-corrected chi connectivity index (χ0v) is 11.8. The Labute approximate surface area is 115 Å². The van der Waals surface area contributed by atoms with Gasteiger partial charge in [0.05, 0.1) is 12.6 Å². The molecule has 1 N–H and O–H groups in total. The number of rotatable bonds is 5. The summed E-state index contributed by atoms with van der Waals surface area (Å²) >= 11 is 0. The summed E-state index contributed by atoms with van der Waals surface area (Å²) in [6.07, 6.45) is 0. The summed E-state index contributed by atoms with van der Waals surface area (Å²) in [5.41, 5.74) is 3.87. The first kappa shape index (κ1) is 13.6. The standard InChI is InChI=1S/C17H21NO/c1-4-19-15-11-9-14(10-12-15)17(18-3)16-8-6-5-7-13(16)2/h5-12,17-18H,4H2,1-3H3. The Morgan fingerprint density at radius 2 is 1.74 bits per heavy atom. The maximum Gasteiger partial charge on any atom is 0.119 e. The van der Waals surface area contributed by atoms with E-state index in [9.17, 15) is 0 Å². The number of aryl methyl sites for hydroxylation is 1. The Bertz CT molecular complexity index is 519. The molecular weight excluding hydrogens is 234 g/mol. The van der Waals surface area contributed by atoms with Gasteiger partial charge in [0.25, 0.3) is 0 Å². The quantitative estimate of drug-likeness (QED) is 0.879. The Morgan fingerprint density at radius 1 is 1.05 bits per heavy atom. The van der Waals surface area contributed by atoms with Crippen molar-refractivity contribution in [2.24, 2.45) is 0 Å². The van der Waals surface area contributed by atoms with E-state index < -0.39 is 0 Å². The number of ether oxygens (including phenoxy) is 1. The summed E-state index contributed by atoms with van der Waals surface area (Å²) in [5.74, 6) is 0.922. The van der Waals surface area contributed by atoms with Crippen LogP contribution in [0, 0.1) is 6.92 Å². The van der Waals surface area contributed by atoms with Gasteiger partial charge in [-0.15, -0.1) is 0 Å². The fourth-order valence-electron chi connectivity index (χ4n) is 2.34. The first-order chi connectivity index (χ1) is 9.26. The Hall–Kier alpha value is -1.80. The molecule has 0 amide bonds. The van der Waals surface area contributed by atoms with Gasteiger partial charge in [-0.1, -0.05) is 36.4 Å². The third kappa shape index (κ3) is 3.15. The van der Waals surface area contributed by atoms with Crippen LogP contribution in [0.25, 0.3) is 0 Å². The fourth-order valence-corrected chi connectivity index (χ4v) is 2.34. The van der Waals surface area contributed by atoms with Gasteiger partial charge in [-0.05, 0) is 49.7 Å². The molecule has 19 heavy (non-hydrogen) atoms. The van der Waals surface area contributed by atoms with Crippen molar-refractivity contribution in [3.05, 3.63) is 65.2 Å². The summed E-state index contributed by atoms with van der Waals surface area (Å²) < 4.78 is 5.48. The Morgan fingerprint density at radius 3 is 2.32 bits per heavy atom. The molecule has 0 aliphatic heterocycles. The van der Waals surface area contributed by atoms with Crippen molar-refractivity contribution in [3.63, 3.8) is 0 Å². The first-order valence-electron chi connectivity index (χ1n) is 6.71. The second kappa shape index (κ2) is 6.39. The minimum Gasteiger partial charge on any atom is -0.494 e. The van der Waals surface area contributed by atoms with Gasteiger partial charge in [0.15, 0.2) is 0 Å². The Kier molecular flexibility index (Phi) is 4.58. The van der Waals surface area contributed by atoms with Gasteiger partial charge >= 0.3 is 0 Å². The molecule has 2 rings (SSSR count). The van der Waals surface area contributed by atoms with Crippen LogP contribution in [0.3, 0.4) is 0 Å². The molecule has 0 aliphatic carbocycles. The highest BCUT2D eigenvalue weighted by Crippen LogP contribution is 2.26. The van der Waals surface area contributed by atoms with Crippen LogP contribution in [-0.4, -0.2) is 13.7 Å². The van der Waals surface area contributed by atoms with Crippen molar-refractivity contribution in [3.8, 4) is 5.75 Å². The zero-order chi connectivity index (χ0) is 13.7. The van der Waals surface area contributed by atoms with Crippen LogP contribution in [0.4, 0.5) is 0 Å². The second-order valence-corrected chi connectivity index (χ2v) is 4.58. The molecule has 0 aromatic heterocycles. The van der Waals surface area contributed by atoms with E-state index in [0.717, 1.165) is 5.75 Å². The van der Waals surface area contributed by atoms with Gasteiger partial charge in [-0.25, -0.2) is 0 Å². The van der Waals surface area contributed by atoms with Gasteiger partial charge in [-0.2, -0.15) is 0 Å². The summed E-state index contributed by atoms with van der Waals surface area (Å²) in [4.78, 5) is 0. The van der Waals surface area contributed by atoms with E-state index in [4.69, 9.17) is 4.74 Å². The van der Waals surface area contributed by atoms with E-state index in [1.54, 1.807) is 0 Å². The molecule has 2 nitrogen and oxygen atoms in total. The van der Waals surface area contributed by atoms with Crippen molar-refractivity contribution in [1.29, 1.82) is 0 Å². The minimum atomic E-state index is 0.219. The van der Waals surface area contributed by atoms with Crippen LogP contribution in [-0.2, 0) is 0 Å². The lowest BCUT2D eigenvalue weighted by Gasteiger charge is -2.19. The molecule has 2 heteroatoms. The van der Waals surface area contributed by atoms with Gasteiger partial charge < -0.3 is 10.1 Å². The van der Waals surface area contributed by atoms with E-state index in [1.165, 1.54) is 16.7 Å². The van der Waals surface area contributed by atoms with Gasteiger partial charge in [-0.3, -0.25) is 0 Å². The fraction of sp³-hybridized carbons (Fsp3) is 0.294. The summed E-state index contributed by atoms with van der Waals surface area (Å²) in [6, 6.07) is 17.0. The number of benzene rings is 2. The predicted molar refractivity (Wildman–Crippen MR) is 79.7 cm³/mol. The summed E-state index contributed by atoms with van der Waals surface area (Å²) in [7, 11) is 1.99. The molecule has 1 atom stereocenters. The van der Waals surface area contributed by atoms with Crippen molar-refractivity contribution < 1.29 is 4.74 Å². The van der Waals surface area contributed by atoms with Crippen molar-refractivity contribution in [2.45, 2.75) is 19.9 Å². The van der Waals surface area contributed by atoms with E-state index in [1.807, 2.05) is 26.1 Å². The third-order valence-electron chi connectivity index (χ3n) is 3.31. The molecule has 0 saturated heterocycles. The molecule has 0 saturated carbocycles. The predicted octanol–water partition coefficient (Wildman–Crippen LogP) is 3.70. The highest BCUT2D eigenvalue weighted by Gasteiger charge is 2.13. The SMILES string of the molecule is CCOc1ccc(C(NC)c2ccccc2C)cc1. The minimum absolute atomic E-state index is 0.219. The smallest absolute Gasteiger partial charge is 0.119 e. The van der Waals surface area contributed by atoms with E-state index >= 15 is 0 Å². The first-order valence-corrected chi connectivity index (χ1v) is 6.71. The molecule has 0 spiro atoms. The van der Waals surface area contributed by atoms with Crippen LogP contribution in [0.2, 0.25) is 0 Å². The number of hydrogen-bond donors (Lipinski definition) is 1. The highest BCUT2D eigenvalue weighted by molar-refractivity contribution is 5.38. The number of nitrogens with one attached hydrogen (secondary N) is 1. The normalized spacial score (nSPS) is 12.2. The molecule has 100 valence electrons. The second-order valence-electron chi connectivity index (χ2n) is 4.58. The monoisotopic (exact) mass is 255 g/mol. The molecule has 0 heterocycles. The molecule has 0 aliphatic rings. The van der Waals surface area contributed by atoms with E-state index in [0.29, 0.717) is 6.61 Å². The van der Waals surface area contributed by atoms with Crippen LogP contribution in [0.5, 0.6) is 5.75 Å². The van der Waals surface area contributed by atoms with Crippen molar-refractivity contribution in [2.75, 3.05) is 13.7 Å². The highest BCUT2D eigenvalue weighted by atomic mass is 16.5. The maximum absolute atomic E-state index is 5.48. The molecule has 0 bridgehead atoms. The van der Waals surface area contributed by atoms with Crippen molar-refractivity contribution in [1.82, 2.24) is 5.32 Å². The largest absolute Gasteiger partial charge is 0.494 e. The lowest BCUT2D eigenvalue weighted by atomic mass is 9.95. The zero-order valence-electron chi connectivity index (χ0n) is 11.8. The molecule has 1 unspecified atom stereocenters. The molecular formula is C17H21NO. The molecule has 2 aromatic rings. The van der Waals surface area contributed by atoms with Crippen LogP contribution >= 0.6 is 0 Å². The third-order valence-corrected chi connectivity index (χ3v) is 3.31. The average molecular weight is 255 g/mol. The molecule has 0 radical (unpaired) electrons. The number of hydrogen-bond acceptors (Lipinski definition) is 2. The lowest BCUT2D eigenvalue weighted by molar-refractivity contribution is 0.340.